The molecule has 0 fully saturated rings. The van der Waals surface area contributed by atoms with Crippen LogP contribution in [0, 0.1) is 7.14 Å². The smallest absolute Gasteiger partial charge is 0.323 e. The van der Waals surface area contributed by atoms with Gasteiger partial charge in [0.25, 0.3) is 0 Å². The Morgan fingerprint density at radius 3 is 2.83 bits per heavy atom. The van der Waals surface area contributed by atoms with Crippen LogP contribution in [0.2, 0.25) is 0 Å². The van der Waals surface area contributed by atoms with Crippen LogP contribution in [0.4, 0.5) is 0 Å². The van der Waals surface area contributed by atoms with Gasteiger partial charge in [-0.25, -0.2) is 0 Å². The summed E-state index contributed by atoms with van der Waals surface area (Å²) in [5, 5.41) is 13.0. The molecular formula is C11H12ClI2NO3. The van der Waals surface area contributed by atoms with Crippen LogP contribution in [0.25, 0.3) is 0 Å². The third-order valence-corrected chi connectivity index (χ3v) is 4.81. The molecule has 0 radical (unpaired) electrons. The molecule has 100 valence electrons. The standard InChI is InChI=1S/C11H11I2NO3.ClH/c1-17-11(16)8-3-5-2-7(12)10(15)9(13)6(5)4-14-8;/h2,8,14-15H,3-4H2,1H3;1H/t8-;/m0./s1. The van der Waals surface area contributed by atoms with Crippen LogP contribution in [0.3, 0.4) is 0 Å². The van der Waals surface area contributed by atoms with Crippen molar-refractivity contribution in [2.45, 2.75) is 19.0 Å². The lowest BCUT2D eigenvalue weighted by molar-refractivity contribution is -0.143. The number of rotatable bonds is 1. The molecular weight excluding hydrogens is 483 g/mol. The van der Waals surface area contributed by atoms with E-state index in [-0.39, 0.29) is 24.4 Å². The Morgan fingerprint density at radius 2 is 2.22 bits per heavy atom. The van der Waals surface area contributed by atoms with E-state index in [4.69, 9.17) is 4.74 Å². The predicted molar refractivity (Wildman–Crippen MR) is 87.1 cm³/mol. The van der Waals surface area contributed by atoms with Gasteiger partial charge >= 0.3 is 5.97 Å². The van der Waals surface area contributed by atoms with Gasteiger partial charge in [0.2, 0.25) is 0 Å². The van der Waals surface area contributed by atoms with Crippen LogP contribution in [-0.4, -0.2) is 24.2 Å². The number of methoxy groups -OCH3 is 1. The maximum atomic E-state index is 11.5. The number of benzene rings is 1. The Morgan fingerprint density at radius 1 is 1.56 bits per heavy atom. The van der Waals surface area contributed by atoms with Crippen molar-refractivity contribution in [3.8, 4) is 5.75 Å². The summed E-state index contributed by atoms with van der Waals surface area (Å²) >= 11 is 4.23. The quantitative estimate of drug-likeness (QED) is 0.464. The topological polar surface area (TPSA) is 58.6 Å². The highest BCUT2D eigenvalue weighted by Crippen LogP contribution is 2.33. The third kappa shape index (κ3) is 3.02. The van der Waals surface area contributed by atoms with Crippen molar-refractivity contribution in [2.24, 2.45) is 0 Å². The summed E-state index contributed by atoms with van der Waals surface area (Å²) in [5.41, 5.74) is 2.18. The molecule has 1 aliphatic rings. The van der Waals surface area contributed by atoms with Crippen LogP contribution in [0.15, 0.2) is 6.07 Å². The number of halogens is 3. The maximum Gasteiger partial charge on any atom is 0.323 e. The number of carbonyl (C=O) groups is 1. The van der Waals surface area contributed by atoms with E-state index in [1.165, 1.54) is 7.11 Å². The predicted octanol–water partition coefficient (Wildman–Crippen LogP) is 2.21. The molecule has 1 aromatic rings. The van der Waals surface area contributed by atoms with Crippen molar-refractivity contribution >= 4 is 63.6 Å². The average Bonchev–Trinajstić information content (AvgIpc) is 2.34. The van der Waals surface area contributed by atoms with E-state index in [9.17, 15) is 9.90 Å². The molecule has 1 atom stereocenters. The lowest BCUT2D eigenvalue weighted by Gasteiger charge is -2.25. The largest absolute Gasteiger partial charge is 0.506 e. The number of hydrogen-bond acceptors (Lipinski definition) is 4. The van der Waals surface area contributed by atoms with Crippen LogP contribution in [0.1, 0.15) is 11.1 Å². The van der Waals surface area contributed by atoms with Crippen LogP contribution < -0.4 is 5.32 Å². The monoisotopic (exact) mass is 495 g/mol. The van der Waals surface area contributed by atoms with Gasteiger partial charge in [0.1, 0.15) is 11.8 Å². The zero-order chi connectivity index (χ0) is 12.6. The second-order valence-electron chi connectivity index (χ2n) is 3.82. The summed E-state index contributed by atoms with van der Waals surface area (Å²) in [4.78, 5) is 11.5. The van der Waals surface area contributed by atoms with Gasteiger partial charge in [0.05, 0.1) is 14.3 Å². The Bertz CT molecular complexity index is 482. The normalized spacial score (nSPS) is 17.6. The van der Waals surface area contributed by atoms with Crippen LogP contribution in [-0.2, 0) is 22.5 Å². The molecule has 2 N–H and O–H groups in total. The van der Waals surface area contributed by atoms with E-state index in [2.05, 4.69) is 50.5 Å². The van der Waals surface area contributed by atoms with Gasteiger partial charge in [-0.2, -0.15) is 0 Å². The number of nitrogens with one attached hydrogen (secondary N) is 1. The first-order valence-electron chi connectivity index (χ1n) is 5.04. The van der Waals surface area contributed by atoms with E-state index in [0.29, 0.717) is 18.7 Å². The third-order valence-electron chi connectivity index (χ3n) is 2.82. The van der Waals surface area contributed by atoms with Gasteiger partial charge in [-0.3, -0.25) is 10.1 Å². The number of aromatic hydroxyl groups is 1. The molecule has 1 aromatic carbocycles. The SMILES string of the molecule is COC(=O)[C@@H]1Cc2cc(I)c(O)c(I)c2CN1.Cl. The molecule has 0 aromatic heterocycles. The zero-order valence-electron chi connectivity index (χ0n) is 9.50. The molecule has 2 rings (SSSR count). The van der Waals surface area contributed by atoms with Gasteiger partial charge in [-0.15, -0.1) is 12.4 Å². The highest BCUT2D eigenvalue weighted by molar-refractivity contribution is 14.1. The van der Waals surface area contributed by atoms with Crippen LogP contribution >= 0.6 is 57.6 Å². The number of phenols is 1. The van der Waals surface area contributed by atoms with E-state index in [1.807, 2.05) is 6.07 Å². The van der Waals surface area contributed by atoms with Crippen LogP contribution in [0.5, 0.6) is 5.75 Å². The highest BCUT2D eigenvalue weighted by atomic mass is 127. The van der Waals surface area contributed by atoms with Crippen molar-refractivity contribution < 1.29 is 14.6 Å². The summed E-state index contributed by atoms with van der Waals surface area (Å²) in [6.45, 7) is 0.581. The number of ether oxygens (including phenoxy) is 1. The molecule has 0 bridgehead atoms. The van der Waals surface area contributed by atoms with E-state index in [1.54, 1.807) is 0 Å². The summed E-state index contributed by atoms with van der Waals surface area (Å²) < 4.78 is 6.41. The summed E-state index contributed by atoms with van der Waals surface area (Å²) in [7, 11) is 1.39. The maximum absolute atomic E-state index is 11.5. The summed E-state index contributed by atoms with van der Waals surface area (Å²) in [5.74, 6) is 0.0806. The lowest BCUT2D eigenvalue weighted by atomic mass is 9.95. The van der Waals surface area contributed by atoms with Crippen molar-refractivity contribution in [3.05, 3.63) is 24.3 Å². The van der Waals surface area contributed by atoms with Crippen molar-refractivity contribution in [1.29, 1.82) is 0 Å². The Kier molecular flexibility index (Phi) is 5.94. The van der Waals surface area contributed by atoms with Gasteiger partial charge in [0.15, 0.2) is 0 Å². The molecule has 1 heterocycles. The molecule has 0 saturated heterocycles. The van der Waals surface area contributed by atoms with Gasteiger partial charge in [-0.05, 0) is 68.8 Å². The zero-order valence-corrected chi connectivity index (χ0v) is 14.6. The van der Waals surface area contributed by atoms with Gasteiger partial charge in [-0.1, -0.05) is 0 Å². The minimum atomic E-state index is -0.288. The second kappa shape index (κ2) is 6.58. The minimum Gasteiger partial charge on any atom is -0.506 e. The Labute approximate surface area is 139 Å². The number of fused-ring (bicyclic) bond motifs is 1. The second-order valence-corrected chi connectivity index (χ2v) is 6.06. The lowest BCUT2D eigenvalue weighted by Crippen LogP contribution is -2.42. The summed E-state index contributed by atoms with van der Waals surface area (Å²) in [6.07, 6.45) is 0.605. The first kappa shape index (κ1) is 16.3. The fraction of sp³-hybridized carbons (Fsp3) is 0.364. The number of hydrogen-bond donors (Lipinski definition) is 2. The van der Waals surface area contributed by atoms with Gasteiger partial charge in [0, 0.05) is 6.54 Å². The van der Waals surface area contributed by atoms with Crippen molar-refractivity contribution in [1.82, 2.24) is 5.32 Å². The first-order chi connectivity index (χ1) is 8.04. The molecule has 0 spiro atoms. The molecule has 0 saturated carbocycles. The van der Waals surface area contributed by atoms with E-state index in [0.717, 1.165) is 18.3 Å². The molecule has 0 aliphatic carbocycles. The number of carbonyl (C=O) groups excluding carboxylic acids is 1. The number of esters is 1. The molecule has 7 heteroatoms. The Hall–Kier alpha value is 0.200. The molecule has 1 aliphatic heterocycles. The summed E-state index contributed by atoms with van der Waals surface area (Å²) in [6, 6.07) is 1.65. The van der Waals surface area contributed by atoms with Crippen molar-refractivity contribution in [3.63, 3.8) is 0 Å². The molecule has 18 heavy (non-hydrogen) atoms. The van der Waals surface area contributed by atoms with Gasteiger partial charge < -0.3 is 9.84 Å². The Balaban J connectivity index is 0.00000162. The van der Waals surface area contributed by atoms with E-state index < -0.39 is 0 Å². The number of phenolic OH excluding ortho intramolecular Hbond substituents is 1. The van der Waals surface area contributed by atoms with E-state index >= 15 is 0 Å². The fourth-order valence-electron chi connectivity index (χ4n) is 1.90. The average molecular weight is 495 g/mol. The van der Waals surface area contributed by atoms with Crippen molar-refractivity contribution in [2.75, 3.05) is 7.11 Å². The minimum absolute atomic E-state index is 0. The molecule has 0 amide bonds. The molecule has 4 nitrogen and oxygen atoms in total. The highest BCUT2D eigenvalue weighted by Gasteiger charge is 2.27. The first-order valence-corrected chi connectivity index (χ1v) is 7.20. The molecule has 0 unspecified atom stereocenters. The fourth-order valence-corrected chi connectivity index (χ4v) is 3.89.